The van der Waals surface area contributed by atoms with Crippen molar-refractivity contribution in [2.24, 2.45) is 0 Å². The van der Waals surface area contributed by atoms with Gasteiger partial charge in [-0.1, -0.05) is 6.07 Å². The molecule has 0 bridgehead atoms. The molecule has 8 heteroatoms. The summed E-state index contributed by atoms with van der Waals surface area (Å²) in [6.45, 7) is 2.35. The number of hydrogen-bond acceptors (Lipinski definition) is 6. The van der Waals surface area contributed by atoms with Gasteiger partial charge in [-0.3, -0.25) is 4.90 Å². The van der Waals surface area contributed by atoms with Gasteiger partial charge in [0.25, 0.3) is 0 Å². The number of halogens is 1. The van der Waals surface area contributed by atoms with Crippen LogP contribution in [0.15, 0.2) is 34.3 Å². The van der Waals surface area contributed by atoms with Crippen LogP contribution in [0, 0.1) is 0 Å². The van der Waals surface area contributed by atoms with Gasteiger partial charge < -0.3 is 0 Å². The molecule has 3 rings (SSSR count). The number of nitrogens with zero attached hydrogens (tertiary/aromatic N) is 4. The first-order valence-electron chi connectivity index (χ1n) is 6.79. The van der Waals surface area contributed by atoms with Crippen molar-refractivity contribution in [2.75, 3.05) is 12.8 Å². The van der Waals surface area contributed by atoms with E-state index in [1.54, 1.807) is 6.20 Å². The molecular formula is C14H15BrN4O2S. The molecule has 22 heavy (non-hydrogen) atoms. The normalized spacial score (nSPS) is 15.5. The Morgan fingerprint density at radius 3 is 2.77 bits per heavy atom. The van der Waals surface area contributed by atoms with E-state index in [2.05, 4.69) is 35.8 Å². The highest BCUT2D eigenvalue weighted by molar-refractivity contribution is 9.10. The lowest BCUT2D eigenvalue weighted by Crippen LogP contribution is -2.31. The highest BCUT2D eigenvalue weighted by Gasteiger charge is 2.21. The summed E-state index contributed by atoms with van der Waals surface area (Å²) in [4.78, 5) is 14.7. The number of pyridine rings is 1. The van der Waals surface area contributed by atoms with Gasteiger partial charge in [0.2, 0.25) is 15.0 Å². The number of rotatable bonds is 3. The Hall–Kier alpha value is -1.38. The lowest BCUT2D eigenvalue weighted by atomic mass is 10.1. The molecule has 0 aromatic carbocycles. The average molecular weight is 383 g/mol. The summed E-state index contributed by atoms with van der Waals surface area (Å²) in [5, 5.41) is -0.0863. The number of hydrogen-bond donors (Lipinski definition) is 0. The summed E-state index contributed by atoms with van der Waals surface area (Å²) in [7, 11) is -3.35. The van der Waals surface area contributed by atoms with Crippen LogP contribution in [0.1, 0.15) is 16.8 Å². The monoisotopic (exact) mass is 382 g/mol. The van der Waals surface area contributed by atoms with Crippen LogP contribution in [0.4, 0.5) is 0 Å². The second-order valence-corrected chi connectivity index (χ2v) is 8.07. The molecule has 0 aliphatic carbocycles. The van der Waals surface area contributed by atoms with E-state index in [4.69, 9.17) is 0 Å². The van der Waals surface area contributed by atoms with Crippen molar-refractivity contribution in [2.45, 2.75) is 24.7 Å². The van der Waals surface area contributed by atoms with Crippen LogP contribution in [0.2, 0.25) is 0 Å². The van der Waals surface area contributed by atoms with Crippen molar-refractivity contribution < 1.29 is 8.42 Å². The number of fused-ring (bicyclic) bond motifs is 1. The van der Waals surface area contributed by atoms with E-state index < -0.39 is 9.84 Å². The van der Waals surface area contributed by atoms with Gasteiger partial charge >= 0.3 is 0 Å². The van der Waals surface area contributed by atoms with E-state index in [-0.39, 0.29) is 5.16 Å². The standard InChI is InChI=1S/C14H15BrN4O2S/c1-22(20,21)14-17-7-11-9-19(5-4-12(11)18-14)8-10-2-3-13(15)16-6-10/h2-3,6-7H,4-5,8-9H2,1H3. The van der Waals surface area contributed by atoms with Gasteiger partial charge in [-0.05, 0) is 27.6 Å². The van der Waals surface area contributed by atoms with Gasteiger partial charge in [-0.15, -0.1) is 0 Å². The molecule has 0 fully saturated rings. The fourth-order valence-electron chi connectivity index (χ4n) is 2.43. The quantitative estimate of drug-likeness (QED) is 0.592. The predicted octanol–water partition coefficient (Wildman–Crippen LogP) is 1.60. The van der Waals surface area contributed by atoms with Crippen molar-refractivity contribution in [1.29, 1.82) is 0 Å². The average Bonchev–Trinajstić information content (AvgIpc) is 2.48. The molecule has 3 heterocycles. The summed E-state index contributed by atoms with van der Waals surface area (Å²) in [6, 6.07) is 3.96. The second kappa shape index (κ2) is 6.02. The Bertz CT molecular complexity index is 793. The SMILES string of the molecule is CS(=O)(=O)c1ncc2c(n1)CCN(Cc1ccc(Br)nc1)C2. The third kappa shape index (κ3) is 3.50. The van der Waals surface area contributed by atoms with E-state index in [1.807, 2.05) is 18.3 Å². The van der Waals surface area contributed by atoms with Crippen molar-refractivity contribution in [3.8, 4) is 0 Å². The number of aromatic nitrogens is 3. The summed E-state index contributed by atoms with van der Waals surface area (Å²) < 4.78 is 23.8. The van der Waals surface area contributed by atoms with Crippen LogP contribution in [-0.2, 0) is 29.3 Å². The molecule has 0 atom stereocenters. The molecular weight excluding hydrogens is 368 g/mol. The molecule has 2 aromatic rings. The van der Waals surface area contributed by atoms with E-state index in [0.29, 0.717) is 0 Å². The van der Waals surface area contributed by atoms with Crippen molar-refractivity contribution >= 4 is 25.8 Å². The van der Waals surface area contributed by atoms with Gasteiger partial charge in [0.15, 0.2) is 0 Å². The molecule has 0 amide bonds. The maximum absolute atomic E-state index is 11.5. The van der Waals surface area contributed by atoms with Crippen LogP contribution < -0.4 is 0 Å². The van der Waals surface area contributed by atoms with Gasteiger partial charge in [-0.25, -0.2) is 23.4 Å². The summed E-state index contributed by atoms with van der Waals surface area (Å²) in [6.07, 6.45) is 5.34. The van der Waals surface area contributed by atoms with E-state index in [9.17, 15) is 8.42 Å². The van der Waals surface area contributed by atoms with Gasteiger partial charge in [0.1, 0.15) is 4.60 Å². The minimum atomic E-state index is -3.35. The summed E-state index contributed by atoms with van der Waals surface area (Å²) in [5.74, 6) is 0. The fraction of sp³-hybridized carbons (Fsp3) is 0.357. The van der Waals surface area contributed by atoms with Crippen molar-refractivity contribution in [3.63, 3.8) is 0 Å². The highest BCUT2D eigenvalue weighted by atomic mass is 79.9. The molecule has 0 saturated heterocycles. The van der Waals surface area contributed by atoms with Crippen LogP contribution in [0.3, 0.4) is 0 Å². The maximum Gasteiger partial charge on any atom is 0.246 e. The Balaban J connectivity index is 1.75. The molecule has 0 unspecified atom stereocenters. The Morgan fingerprint density at radius 2 is 2.09 bits per heavy atom. The molecule has 0 spiro atoms. The van der Waals surface area contributed by atoms with E-state index >= 15 is 0 Å². The van der Waals surface area contributed by atoms with Gasteiger partial charge in [-0.2, -0.15) is 0 Å². The Labute approximate surface area is 137 Å². The third-order valence-electron chi connectivity index (χ3n) is 3.52. The first kappa shape index (κ1) is 15.5. The van der Waals surface area contributed by atoms with Crippen molar-refractivity contribution in [3.05, 3.63) is 46.0 Å². The second-order valence-electron chi connectivity index (χ2n) is 5.35. The summed E-state index contributed by atoms with van der Waals surface area (Å²) >= 11 is 3.32. The smallest absolute Gasteiger partial charge is 0.246 e. The minimum Gasteiger partial charge on any atom is -0.294 e. The van der Waals surface area contributed by atoms with E-state index in [0.717, 1.165) is 53.7 Å². The zero-order chi connectivity index (χ0) is 15.7. The van der Waals surface area contributed by atoms with E-state index in [1.165, 1.54) is 0 Å². The zero-order valence-corrected chi connectivity index (χ0v) is 14.4. The first-order chi connectivity index (χ1) is 10.4. The molecule has 0 N–H and O–H groups in total. The van der Waals surface area contributed by atoms with Crippen LogP contribution in [0.5, 0.6) is 0 Å². The molecule has 0 radical (unpaired) electrons. The summed E-state index contributed by atoms with van der Waals surface area (Å²) in [5.41, 5.74) is 2.96. The Morgan fingerprint density at radius 1 is 1.27 bits per heavy atom. The van der Waals surface area contributed by atoms with Gasteiger partial charge in [0.05, 0.1) is 5.69 Å². The maximum atomic E-state index is 11.5. The van der Waals surface area contributed by atoms with Crippen LogP contribution in [0.25, 0.3) is 0 Å². The molecule has 1 aliphatic heterocycles. The fourth-order valence-corrected chi connectivity index (χ4v) is 3.18. The highest BCUT2D eigenvalue weighted by Crippen LogP contribution is 2.19. The molecule has 1 aliphatic rings. The molecule has 2 aromatic heterocycles. The van der Waals surface area contributed by atoms with Crippen LogP contribution in [-0.4, -0.2) is 41.1 Å². The Kier molecular flexibility index (Phi) is 4.24. The molecule has 0 saturated carbocycles. The predicted molar refractivity (Wildman–Crippen MR) is 84.9 cm³/mol. The third-order valence-corrected chi connectivity index (χ3v) is 4.85. The molecule has 116 valence electrons. The largest absolute Gasteiger partial charge is 0.294 e. The lowest BCUT2D eigenvalue weighted by Gasteiger charge is -2.27. The first-order valence-corrected chi connectivity index (χ1v) is 9.48. The van der Waals surface area contributed by atoms with Gasteiger partial charge in [0, 0.05) is 50.3 Å². The zero-order valence-electron chi connectivity index (χ0n) is 12.0. The minimum absolute atomic E-state index is 0.0863. The number of sulfone groups is 1. The lowest BCUT2D eigenvalue weighted by molar-refractivity contribution is 0.242. The van der Waals surface area contributed by atoms with Crippen molar-refractivity contribution in [1.82, 2.24) is 19.9 Å². The molecule has 6 nitrogen and oxygen atoms in total. The topological polar surface area (TPSA) is 76.1 Å². The van der Waals surface area contributed by atoms with Crippen LogP contribution >= 0.6 is 15.9 Å².